The molecule has 0 aliphatic heterocycles. The van der Waals surface area contributed by atoms with E-state index < -0.39 is 46.3 Å². The first-order valence-corrected chi connectivity index (χ1v) is 20.4. The minimum Gasteiger partial charge on any atom is -0.547 e. The minimum atomic E-state index is -1.55. The number of aliphatic carboxylic acids is 4. The van der Waals surface area contributed by atoms with Gasteiger partial charge in [0, 0.05) is 0 Å². The van der Waals surface area contributed by atoms with Crippen molar-refractivity contribution in [2.75, 3.05) is 0 Å². The van der Waals surface area contributed by atoms with Gasteiger partial charge in [-0.25, -0.2) is 0 Å². The van der Waals surface area contributed by atoms with Gasteiger partial charge in [0.25, 0.3) is 0 Å². The van der Waals surface area contributed by atoms with E-state index in [-0.39, 0.29) is 21.7 Å². The molecule has 53 heavy (non-hydrogen) atoms. The summed E-state index contributed by atoms with van der Waals surface area (Å²) in [4.78, 5) is 42.8. The van der Waals surface area contributed by atoms with Crippen LogP contribution in [0.15, 0.2) is 0 Å². The van der Waals surface area contributed by atoms with Gasteiger partial charge >= 0.3 is 21.7 Å². The number of hydrogen-bond acceptors (Lipinski definition) is 12. The fourth-order valence-corrected chi connectivity index (χ4v) is 7.48. The molecule has 4 fully saturated rings. The molecule has 0 radical (unpaired) electrons. The Morgan fingerprint density at radius 3 is 0.453 bits per heavy atom. The predicted octanol–water partition coefficient (Wildman–Crippen LogP) is 2.40. The zero-order chi connectivity index (χ0) is 38.9. The molecule has 4 saturated carbocycles. The fraction of sp³-hybridized carbons (Fsp3) is 0.900. The van der Waals surface area contributed by atoms with Gasteiger partial charge in [-0.15, -0.1) is 0 Å². The van der Waals surface area contributed by atoms with Crippen molar-refractivity contribution >= 4 is 23.9 Å². The normalized spacial score (nSPS) is 23.6. The van der Waals surface area contributed by atoms with Crippen molar-refractivity contribution in [2.24, 2.45) is 0 Å². The molecule has 0 aromatic carbocycles. The van der Waals surface area contributed by atoms with Crippen molar-refractivity contribution in [1.82, 2.24) is 0 Å². The number of carbonyl (C=O) groups is 4. The average molecular weight is 789 g/mol. The third kappa shape index (κ3) is 21.4. The zero-order valence-electron chi connectivity index (χ0n) is 32.2. The molecule has 0 amide bonds. The molecule has 304 valence electrons. The smallest absolute Gasteiger partial charge is 0.547 e. The Bertz CT molecular complexity index is 835. The topological polar surface area (TPSA) is 241 Å². The van der Waals surface area contributed by atoms with E-state index in [9.17, 15) is 60.0 Å². The van der Waals surface area contributed by atoms with Crippen LogP contribution in [0, 0.1) is 0 Å². The molecule has 4 N–H and O–H groups in total. The number of carboxylic acid groups (broad SMARTS) is 4. The van der Waals surface area contributed by atoms with Crippen LogP contribution in [-0.4, -0.2) is 66.7 Å². The Morgan fingerprint density at radius 2 is 0.358 bits per heavy atom. The number of carbonyl (C=O) groups excluding carboxylic acids is 4. The molecule has 0 aromatic heterocycles. The monoisotopic (exact) mass is 788 g/mol. The third-order valence-electron chi connectivity index (χ3n) is 11.2. The van der Waals surface area contributed by atoms with Crippen LogP contribution >= 0.6 is 0 Å². The van der Waals surface area contributed by atoms with Crippen LogP contribution in [0.2, 0.25) is 0 Å². The van der Waals surface area contributed by atoms with Crippen molar-refractivity contribution < 1.29 is 81.7 Å². The van der Waals surface area contributed by atoms with Crippen LogP contribution in [0.25, 0.3) is 0 Å². The van der Waals surface area contributed by atoms with E-state index in [4.69, 9.17) is 0 Å². The van der Waals surface area contributed by atoms with Gasteiger partial charge in [0.2, 0.25) is 0 Å². The average Bonchev–Trinajstić information content (AvgIpc) is 3.40. The van der Waals surface area contributed by atoms with E-state index in [1.807, 2.05) is 0 Å². The van der Waals surface area contributed by atoms with E-state index in [1.54, 1.807) is 0 Å². The van der Waals surface area contributed by atoms with Gasteiger partial charge in [-0.05, 0) is 51.4 Å². The van der Waals surface area contributed by atoms with Gasteiger partial charge in [0.05, 0.1) is 23.9 Å². The number of aliphatic hydroxyl groups is 4. The van der Waals surface area contributed by atoms with Crippen molar-refractivity contribution in [3.05, 3.63) is 0 Å². The Hall–Kier alpha value is -1.57. The molecular weight excluding hydrogens is 720 g/mol. The minimum absolute atomic E-state index is 0. The van der Waals surface area contributed by atoms with Gasteiger partial charge in [0.1, 0.15) is 22.4 Å². The van der Waals surface area contributed by atoms with Crippen molar-refractivity contribution in [1.29, 1.82) is 0 Å². The predicted molar refractivity (Wildman–Crippen MR) is 188 cm³/mol. The van der Waals surface area contributed by atoms with Crippen LogP contribution in [0.4, 0.5) is 0 Å². The number of rotatable bonds is 4. The standard InChI is InChI=1S/4C10H18O3.Ti/c4*11-9(12)10(13)7-5-3-1-2-4-6-8-10;/h4*13H,1-8H2,(H,11,12);/q;;;;+4/p-4. The largest absolute Gasteiger partial charge is 4.00 e. The SMILES string of the molecule is O=C([O-])C1(O)CCCCCCCC1.O=C([O-])C1(O)CCCCCCCC1.O=C([O-])C1(O)CCCCCCCC1.O=C([O-])C1(O)CCCCCCCC1.[Ti+4]. The molecule has 0 atom stereocenters. The van der Waals surface area contributed by atoms with E-state index >= 15 is 0 Å². The van der Waals surface area contributed by atoms with E-state index in [0.29, 0.717) is 51.4 Å². The Labute approximate surface area is 332 Å². The molecule has 0 heterocycles. The summed E-state index contributed by atoms with van der Waals surface area (Å²) in [6.45, 7) is 0. The number of hydrogen-bond donors (Lipinski definition) is 4. The van der Waals surface area contributed by atoms with Gasteiger partial charge in [-0.3, -0.25) is 0 Å². The zero-order valence-corrected chi connectivity index (χ0v) is 33.7. The summed E-state index contributed by atoms with van der Waals surface area (Å²) in [5.74, 6) is -5.19. The summed E-state index contributed by atoms with van der Waals surface area (Å²) in [5, 5.41) is 81.6. The quantitative estimate of drug-likeness (QED) is 0.301. The number of carboxylic acids is 4. The maximum Gasteiger partial charge on any atom is 4.00 e. The summed E-state index contributed by atoms with van der Waals surface area (Å²) >= 11 is 0. The maximum atomic E-state index is 10.7. The van der Waals surface area contributed by atoms with Gasteiger partial charge in [-0.2, -0.15) is 0 Å². The molecular formula is C40H68O12Ti. The Kier molecular flexibility index (Phi) is 27.1. The second-order valence-electron chi connectivity index (χ2n) is 15.8. The van der Waals surface area contributed by atoms with Crippen LogP contribution in [-0.2, 0) is 40.9 Å². The molecule has 4 rings (SSSR count). The summed E-state index contributed by atoms with van der Waals surface area (Å²) in [5.41, 5.74) is -6.20. The second-order valence-corrected chi connectivity index (χ2v) is 15.8. The molecule has 0 saturated heterocycles. The second kappa shape index (κ2) is 27.9. The summed E-state index contributed by atoms with van der Waals surface area (Å²) < 4.78 is 0. The molecule has 0 spiro atoms. The van der Waals surface area contributed by atoms with Crippen molar-refractivity contribution in [3.63, 3.8) is 0 Å². The van der Waals surface area contributed by atoms with Crippen LogP contribution in [0.5, 0.6) is 0 Å². The molecule has 0 bridgehead atoms. The van der Waals surface area contributed by atoms with Crippen LogP contribution in [0.3, 0.4) is 0 Å². The van der Waals surface area contributed by atoms with Gasteiger partial charge in [0.15, 0.2) is 0 Å². The van der Waals surface area contributed by atoms with E-state index in [1.165, 1.54) is 0 Å². The summed E-state index contributed by atoms with van der Waals surface area (Å²) in [6, 6.07) is 0. The van der Waals surface area contributed by atoms with E-state index in [2.05, 4.69) is 0 Å². The molecule has 12 nitrogen and oxygen atoms in total. The third-order valence-corrected chi connectivity index (χ3v) is 11.2. The maximum absolute atomic E-state index is 10.7. The molecule has 0 unspecified atom stereocenters. The first-order chi connectivity index (χ1) is 24.6. The van der Waals surface area contributed by atoms with Gasteiger partial charge in [-0.1, -0.05) is 154 Å². The first kappa shape index (κ1) is 51.4. The molecule has 4 aliphatic rings. The fourth-order valence-electron chi connectivity index (χ4n) is 7.48. The van der Waals surface area contributed by atoms with Gasteiger partial charge < -0.3 is 60.0 Å². The van der Waals surface area contributed by atoms with Crippen LogP contribution in [0.1, 0.15) is 205 Å². The molecule has 0 aromatic rings. The molecule has 13 heteroatoms. The van der Waals surface area contributed by atoms with E-state index in [0.717, 1.165) is 154 Å². The first-order valence-electron chi connectivity index (χ1n) is 20.4. The van der Waals surface area contributed by atoms with Crippen molar-refractivity contribution in [3.8, 4) is 0 Å². The van der Waals surface area contributed by atoms with Crippen molar-refractivity contribution in [2.45, 2.75) is 228 Å². The Morgan fingerprint density at radius 1 is 0.264 bits per heavy atom. The molecule has 4 aliphatic carbocycles. The van der Waals surface area contributed by atoms with Crippen LogP contribution < -0.4 is 20.4 Å². The summed E-state index contributed by atoms with van der Waals surface area (Å²) in [7, 11) is 0. The Balaban J connectivity index is 0.000000676. The summed E-state index contributed by atoms with van der Waals surface area (Å²) in [6.07, 6.45) is 26.7.